The number of methoxy groups -OCH3 is 1. The van der Waals surface area contributed by atoms with Gasteiger partial charge in [0, 0.05) is 16.1 Å². The van der Waals surface area contributed by atoms with Gasteiger partial charge in [0.25, 0.3) is 0 Å². The van der Waals surface area contributed by atoms with Gasteiger partial charge in [-0.2, -0.15) is 0 Å². The molecule has 2 N–H and O–H groups in total. The Labute approximate surface area is 114 Å². The number of nitrogens with two attached hydrogens (primary N) is 1. The predicted molar refractivity (Wildman–Crippen MR) is 76.7 cm³/mol. The van der Waals surface area contributed by atoms with Gasteiger partial charge in [-0.15, -0.1) is 10.2 Å². The SMILES string of the molecule is COc1ccc(-c2nnc3sc(C)c(C)n23)cc1N. The van der Waals surface area contributed by atoms with Gasteiger partial charge in [0.15, 0.2) is 5.82 Å². The molecule has 0 atom stereocenters. The molecule has 5 nitrogen and oxygen atoms in total. The fourth-order valence-electron chi connectivity index (χ4n) is 2.07. The van der Waals surface area contributed by atoms with Crippen molar-refractivity contribution in [3.05, 3.63) is 28.8 Å². The molecule has 0 aliphatic heterocycles. The second kappa shape index (κ2) is 4.24. The molecule has 0 saturated heterocycles. The maximum absolute atomic E-state index is 5.95. The standard InChI is InChI=1S/C13H14N4OS/c1-7-8(2)19-13-16-15-12(17(7)13)9-4-5-11(18-3)10(14)6-9/h4-6H,14H2,1-3H3. The lowest BCUT2D eigenvalue weighted by atomic mass is 10.1. The summed E-state index contributed by atoms with van der Waals surface area (Å²) in [5.41, 5.74) is 8.64. The molecule has 2 heterocycles. The summed E-state index contributed by atoms with van der Waals surface area (Å²) in [7, 11) is 1.60. The average Bonchev–Trinajstić information content (AvgIpc) is 2.91. The van der Waals surface area contributed by atoms with E-state index in [1.807, 2.05) is 18.2 Å². The van der Waals surface area contributed by atoms with Crippen molar-refractivity contribution >= 4 is 22.0 Å². The molecule has 3 rings (SSSR count). The Morgan fingerprint density at radius 3 is 2.74 bits per heavy atom. The van der Waals surface area contributed by atoms with Crippen molar-refractivity contribution in [3.63, 3.8) is 0 Å². The van der Waals surface area contributed by atoms with Crippen LogP contribution in [0.2, 0.25) is 0 Å². The van der Waals surface area contributed by atoms with E-state index in [4.69, 9.17) is 10.5 Å². The van der Waals surface area contributed by atoms with E-state index in [9.17, 15) is 0 Å². The van der Waals surface area contributed by atoms with Gasteiger partial charge in [0.2, 0.25) is 4.96 Å². The van der Waals surface area contributed by atoms with Gasteiger partial charge in [0.1, 0.15) is 5.75 Å². The second-order valence-electron chi connectivity index (χ2n) is 4.34. The first-order valence-corrected chi connectivity index (χ1v) is 6.68. The van der Waals surface area contributed by atoms with Gasteiger partial charge in [-0.05, 0) is 32.0 Å². The van der Waals surface area contributed by atoms with Crippen LogP contribution in [0.25, 0.3) is 16.3 Å². The van der Waals surface area contributed by atoms with Crippen molar-refractivity contribution in [2.75, 3.05) is 12.8 Å². The van der Waals surface area contributed by atoms with Crippen LogP contribution < -0.4 is 10.5 Å². The zero-order chi connectivity index (χ0) is 13.6. The zero-order valence-electron chi connectivity index (χ0n) is 11.0. The molecule has 0 fully saturated rings. The van der Waals surface area contributed by atoms with Crippen LogP contribution in [0.1, 0.15) is 10.6 Å². The molecule has 2 aromatic heterocycles. The summed E-state index contributed by atoms with van der Waals surface area (Å²) in [5, 5.41) is 8.46. The fraction of sp³-hybridized carbons (Fsp3) is 0.231. The Bertz CT molecular complexity index is 759. The lowest BCUT2D eigenvalue weighted by molar-refractivity contribution is 0.417. The first-order valence-electron chi connectivity index (χ1n) is 5.87. The number of hydrogen-bond acceptors (Lipinski definition) is 5. The average molecular weight is 274 g/mol. The number of aromatic nitrogens is 3. The lowest BCUT2D eigenvalue weighted by Crippen LogP contribution is -1.95. The maximum Gasteiger partial charge on any atom is 0.216 e. The van der Waals surface area contributed by atoms with Crippen LogP contribution in [0.4, 0.5) is 5.69 Å². The Kier molecular flexibility index (Phi) is 2.67. The molecule has 0 aliphatic carbocycles. The van der Waals surface area contributed by atoms with E-state index in [1.165, 1.54) is 4.88 Å². The third-order valence-corrected chi connectivity index (χ3v) is 4.26. The van der Waals surface area contributed by atoms with E-state index < -0.39 is 0 Å². The quantitative estimate of drug-likeness (QED) is 0.730. The summed E-state index contributed by atoms with van der Waals surface area (Å²) in [4.78, 5) is 2.15. The summed E-state index contributed by atoms with van der Waals surface area (Å²) in [6.07, 6.45) is 0. The first-order chi connectivity index (χ1) is 9.11. The Morgan fingerprint density at radius 2 is 2.05 bits per heavy atom. The monoisotopic (exact) mass is 274 g/mol. The zero-order valence-corrected chi connectivity index (χ0v) is 11.8. The van der Waals surface area contributed by atoms with Crippen LogP contribution >= 0.6 is 11.3 Å². The maximum atomic E-state index is 5.95. The van der Waals surface area contributed by atoms with Crippen molar-refractivity contribution in [3.8, 4) is 17.1 Å². The number of hydrogen-bond donors (Lipinski definition) is 1. The number of ether oxygens (including phenoxy) is 1. The molecule has 0 saturated carbocycles. The molecule has 0 amide bonds. The highest BCUT2D eigenvalue weighted by Crippen LogP contribution is 2.30. The van der Waals surface area contributed by atoms with E-state index in [2.05, 4.69) is 28.4 Å². The molecule has 0 radical (unpaired) electrons. The topological polar surface area (TPSA) is 65.4 Å². The molecule has 0 aliphatic rings. The summed E-state index contributed by atoms with van der Waals surface area (Å²) in [6.45, 7) is 4.15. The largest absolute Gasteiger partial charge is 0.495 e. The summed E-state index contributed by atoms with van der Waals surface area (Å²) in [6, 6.07) is 5.65. The van der Waals surface area contributed by atoms with Gasteiger partial charge < -0.3 is 10.5 Å². The van der Waals surface area contributed by atoms with Crippen molar-refractivity contribution in [2.45, 2.75) is 13.8 Å². The van der Waals surface area contributed by atoms with E-state index in [0.717, 1.165) is 22.0 Å². The number of benzene rings is 1. The van der Waals surface area contributed by atoms with Gasteiger partial charge in [-0.3, -0.25) is 4.40 Å². The van der Waals surface area contributed by atoms with Crippen molar-refractivity contribution < 1.29 is 4.74 Å². The van der Waals surface area contributed by atoms with Crippen LogP contribution in [-0.4, -0.2) is 21.7 Å². The molecule has 1 aromatic carbocycles. The highest BCUT2D eigenvalue weighted by Gasteiger charge is 2.14. The number of anilines is 1. The van der Waals surface area contributed by atoms with E-state index in [1.54, 1.807) is 18.4 Å². The lowest BCUT2D eigenvalue weighted by Gasteiger charge is -2.06. The van der Waals surface area contributed by atoms with Crippen molar-refractivity contribution in [2.24, 2.45) is 0 Å². The summed E-state index contributed by atoms with van der Waals surface area (Å²) < 4.78 is 7.22. The molecule has 3 aromatic rings. The molecular formula is C13H14N4OS. The van der Waals surface area contributed by atoms with E-state index >= 15 is 0 Å². The van der Waals surface area contributed by atoms with Crippen molar-refractivity contribution in [1.29, 1.82) is 0 Å². The third-order valence-electron chi connectivity index (χ3n) is 3.21. The predicted octanol–water partition coefficient (Wildman–Crippen LogP) is 2.67. The van der Waals surface area contributed by atoms with Crippen LogP contribution in [0.15, 0.2) is 18.2 Å². The molecule has 0 unspecified atom stereocenters. The Hall–Kier alpha value is -2.08. The fourth-order valence-corrected chi connectivity index (χ4v) is 2.98. The normalized spacial score (nSPS) is 11.1. The minimum absolute atomic E-state index is 0.598. The first kappa shape index (κ1) is 12.0. The highest BCUT2D eigenvalue weighted by molar-refractivity contribution is 7.17. The van der Waals surface area contributed by atoms with Crippen LogP contribution in [0, 0.1) is 13.8 Å². The minimum atomic E-state index is 0.598. The number of aryl methyl sites for hydroxylation is 2. The molecular weight excluding hydrogens is 260 g/mol. The molecule has 0 bridgehead atoms. The summed E-state index contributed by atoms with van der Waals surface area (Å²) in [5.74, 6) is 1.48. The van der Waals surface area contributed by atoms with Gasteiger partial charge >= 0.3 is 0 Å². The molecule has 19 heavy (non-hydrogen) atoms. The molecule has 6 heteroatoms. The second-order valence-corrected chi connectivity index (χ2v) is 5.52. The number of nitrogens with zero attached hydrogens (tertiary/aromatic N) is 3. The van der Waals surface area contributed by atoms with Gasteiger partial charge in [-0.25, -0.2) is 0 Å². The third kappa shape index (κ3) is 1.76. The number of rotatable bonds is 2. The van der Waals surface area contributed by atoms with Gasteiger partial charge in [0.05, 0.1) is 12.8 Å². The minimum Gasteiger partial charge on any atom is -0.495 e. The van der Waals surface area contributed by atoms with Crippen LogP contribution in [-0.2, 0) is 0 Å². The van der Waals surface area contributed by atoms with E-state index in [-0.39, 0.29) is 0 Å². The van der Waals surface area contributed by atoms with Crippen molar-refractivity contribution in [1.82, 2.24) is 14.6 Å². The Morgan fingerprint density at radius 1 is 1.26 bits per heavy atom. The van der Waals surface area contributed by atoms with Crippen LogP contribution in [0.5, 0.6) is 5.75 Å². The smallest absolute Gasteiger partial charge is 0.216 e. The Balaban J connectivity index is 2.21. The molecule has 98 valence electrons. The number of fused-ring (bicyclic) bond motifs is 1. The molecule has 0 spiro atoms. The number of nitrogen functional groups attached to an aromatic ring is 1. The highest BCUT2D eigenvalue weighted by atomic mass is 32.1. The summed E-state index contributed by atoms with van der Waals surface area (Å²) >= 11 is 1.64. The number of thiazole rings is 1. The van der Waals surface area contributed by atoms with Gasteiger partial charge in [-0.1, -0.05) is 11.3 Å². The van der Waals surface area contributed by atoms with Crippen LogP contribution in [0.3, 0.4) is 0 Å². The van der Waals surface area contributed by atoms with E-state index in [0.29, 0.717) is 11.4 Å².